The Morgan fingerprint density at radius 3 is 2.88 bits per heavy atom. The fourth-order valence-corrected chi connectivity index (χ4v) is 4.97. The van der Waals surface area contributed by atoms with Gasteiger partial charge in [0.1, 0.15) is 11.3 Å². The number of nitrogens with zero attached hydrogens (tertiary/aromatic N) is 4. The van der Waals surface area contributed by atoms with Gasteiger partial charge < -0.3 is 14.7 Å². The Morgan fingerprint density at radius 2 is 2.09 bits per heavy atom. The second-order valence-electron chi connectivity index (χ2n) is 7.96. The lowest BCUT2D eigenvalue weighted by Gasteiger charge is -2.21. The SMILES string of the molecule is N#CC1(NC(=O)CSc2nnc(-c3c[nH]c4ccccc34)n2Cc2ccco2)CCCC1. The molecule has 0 radical (unpaired) electrons. The van der Waals surface area contributed by atoms with Crippen LogP contribution >= 0.6 is 11.8 Å². The van der Waals surface area contributed by atoms with E-state index in [4.69, 9.17) is 4.42 Å². The van der Waals surface area contributed by atoms with Crippen LogP contribution < -0.4 is 5.32 Å². The monoisotopic (exact) mass is 446 g/mol. The zero-order valence-corrected chi connectivity index (χ0v) is 18.2. The van der Waals surface area contributed by atoms with Gasteiger partial charge in [0, 0.05) is 22.7 Å². The molecule has 9 heteroatoms. The number of aromatic nitrogens is 4. The van der Waals surface area contributed by atoms with E-state index in [0.717, 1.165) is 35.1 Å². The maximum absolute atomic E-state index is 12.6. The van der Waals surface area contributed by atoms with Crippen molar-refractivity contribution in [2.45, 2.75) is 42.9 Å². The van der Waals surface area contributed by atoms with Crippen molar-refractivity contribution < 1.29 is 9.21 Å². The van der Waals surface area contributed by atoms with Crippen LogP contribution in [-0.2, 0) is 11.3 Å². The second kappa shape index (κ2) is 8.55. The topological polar surface area (TPSA) is 113 Å². The van der Waals surface area contributed by atoms with E-state index in [-0.39, 0.29) is 11.7 Å². The van der Waals surface area contributed by atoms with Gasteiger partial charge in [0.05, 0.1) is 24.6 Å². The molecule has 5 rings (SSSR count). The molecule has 32 heavy (non-hydrogen) atoms. The number of rotatable bonds is 7. The number of H-pyrrole nitrogens is 1. The van der Waals surface area contributed by atoms with Crippen LogP contribution in [0.25, 0.3) is 22.3 Å². The van der Waals surface area contributed by atoms with Crippen molar-refractivity contribution in [3.05, 3.63) is 54.6 Å². The third kappa shape index (κ3) is 3.89. The number of aromatic amines is 1. The predicted molar refractivity (Wildman–Crippen MR) is 121 cm³/mol. The third-order valence-corrected chi connectivity index (χ3v) is 6.79. The first-order chi connectivity index (χ1) is 15.7. The van der Waals surface area contributed by atoms with Gasteiger partial charge in [0.2, 0.25) is 5.91 Å². The van der Waals surface area contributed by atoms with Crippen molar-refractivity contribution in [3.63, 3.8) is 0 Å². The minimum absolute atomic E-state index is 0.160. The number of carbonyl (C=O) groups excluding carboxylic acids is 1. The van der Waals surface area contributed by atoms with Gasteiger partial charge in [-0.25, -0.2) is 0 Å². The van der Waals surface area contributed by atoms with Crippen LogP contribution in [0.15, 0.2) is 58.4 Å². The molecule has 2 N–H and O–H groups in total. The molecule has 0 atom stereocenters. The summed E-state index contributed by atoms with van der Waals surface area (Å²) in [5, 5.41) is 22.9. The van der Waals surface area contributed by atoms with Crippen LogP contribution in [0.1, 0.15) is 31.4 Å². The molecule has 1 saturated carbocycles. The summed E-state index contributed by atoms with van der Waals surface area (Å²) >= 11 is 1.31. The van der Waals surface area contributed by atoms with E-state index in [0.29, 0.717) is 30.4 Å². The number of hydrogen-bond acceptors (Lipinski definition) is 6. The van der Waals surface area contributed by atoms with Gasteiger partial charge in [0.15, 0.2) is 11.0 Å². The molecule has 1 aromatic carbocycles. The first kappa shape index (κ1) is 20.4. The summed E-state index contributed by atoms with van der Waals surface area (Å²) in [5.74, 6) is 1.46. The number of amides is 1. The first-order valence-electron chi connectivity index (χ1n) is 10.5. The molecule has 0 bridgehead atoms. The van der Waals surface area contributed by atoms with E-state index in [1.54, 1.807) is 6.26 Å². The summed E-state index contributed by atoms with van der Waals surface area (Å²) in [7, 11) is 0. The van der Waals surface area contributed by atoms with Crippen molar-refractivity contribution in [3.8, 4) is 17.5 Å². The summed E-state index contributed by atoms with van der Waals surface area (Å²) in [6.07, 6.45) is 6.90. The van der Waals surface area contributed by atoms with Gasteiger partial charge in [-0.3, -0.25) is 9.36 Å². The van der Waals surface area contributed by atoms with Crippen molar-refractivity contribution >= 4 is 28.6 Å². The number of hydrogen-bond donors (Lipinski definition) is 2. The molecular formula is C23H22N6O2S. The Morgan fingerprint density at radius 1 is 1.25 bits per heavy atom. The quantitative estimate of drug-likeness (QED) is 0.413. The molecule has 1 aliphatic carbocycles. The average molecular weight is 447 g/mol. The maximum atomic E-state index is 12.6. The minimum Gasteiger partial charge on any atom is -0.467 e. The molecule has 4 aromatic rings. The van der Waals surface area contributed by atoms with Crippen molar-refractivity contribution in [1.29, 1.82) is 5.26 Å². The largest absolute Gasteiger partial charge is 0.467 e. The lowest BCUT2D eigenvalue weighted by molar-refractivity contribution is -0.119. The van der Waals surface area contributed by atoms with Gasteiger partial charge in [-0.2, -0.15) is 5.26 Å². The predicted octanol–water partition coefficient (Wildman–Crippen LogP) is 4.11. The number of benzene rings is 1. The highest BCUT2D eigenvalue weighted by molar-refractivity contribution is 7.99. The van der Waals surface area contributed by atoms with Crippen LogP contribution in [0.5, 0.6) is 0 Å². The van der Waals surface area contributed by atoms with Gasteiger partial charge >= 0.3 is 0 Å². The van der Waals surface area contributed by atoms with Crippen LogP contribution in [0.4, 0.5) is 0 Å². The smallest absolute Gasteiger partial charge is 0.231 e. The van der Waals surface area contributed by atoms with Gasteiger partial charge in [-0.15, -0.1) is 10.2 Å². The molecule has 1 aliphatic rings. The number of furan rings is 1. The third-order valence-electron chi connectivity index (χ3n) is 5.82. The number of nitriles is 1. The summed E-state index contributed by atoms with van der Waals surface area (Å²) < 4.78 is 7.52. The zero-order chi connectivity index (χ0) is 22.0. The Hall–Kier alpha value is -3.51. The molecule has 0 spiro atoms. The van der Waals surface area contributed by atoms with E-state index in [1.807, 2.05) is 47.2 Å². The molecule has 162 valence electrons. The van der Waals surface area contributed by atoms with Crippen LogP contribution in [0.3, 0.4) is 0 Å². The number of thioether (sulfide) groups is 1. The molecule has 0 saturated heterocycles. The van der Waals surface area contributed by atoms with E-state index in [2.05, 4.69) is 26.6 Å². The van der Waals surface area contributed by atoms with E-state index in [9.17, 15) is 10.1 Å². The highest BCUT2D eigenvalue weighted by Crippen LogP contribution is 2.32. The number of fused-ring (bicyclic) bond motifs is 1. The average Bonchev–Trinajstić information content (AvgIpc) is 3.60. The van der Waals surface area contributed by atoms with Crippen LogP contribution in [0, 0.1) is 11.3 Å². The van der Waals surface area contributed by atoms with E-state index >= 15 is 0 Å². The number of carbonyl (C=O) groups is 1. The number of para-hydroxylation sites is 1. The van der Waals surface area contributed by atoms with Crippen LogP contribution in [0.2, 0.25) is 0 Å². The summed E-state index contributed by atoms with van der Waals surface area (Å²) in [4.78, 5) is 15.9. The van der Waals surface area contributed by atoms with Crippen LogP contribution in [-0.4, -0.2) is 36.9 Å². The van der Waals surface area contributed by atoms with Gasteiger partial charge in [-0.05, 0) is 43.9 Å². The lowest BCUT2D eigenvalue weighted by atomic mass is 10.0. The van der Waals surface area contributed by atoms with Gasteiger partial charge in [-0.1, -0.05) is 30.0 Å². The Labute approximate surface area is 189 Å². The molecule has 0 unspecified atom stereocenters. The second-order valence-corrected chi connectivity index (χ2v) is 8.90. The lowest BCUT2D eigenvalue weighted by Crippen LogP contribution is -2.45. The fourth-order valence-electron chi connectivity index (χ4n) is 4.23. The molecule has 8 nitrogen and oxygen atoms in total. The Bertz CT molecular complexity index is 1280. The van der Waals surface area contributed by atoms with Crippen molar-refractivity contribution in [2.24, 2.45) is 0 Å². The summed E-state index contributed by atoms with van der Waals surface area (Å²) in [6.45, 7) is 0.445. The highest BCUT2D eigenvalue weighted by atomic mass is 32.2. The molecule has 0 aliphatic heterocycles. The minimum atomic E-state index is -0.727. The molecule has 1 amide bonds. The molecule has 3 heterocycles. The molecular weight excluding hydrogens is 424 g/mol. The fraction of sp³-hybridized carbons (Fsp3) is 0.304. The first-order valence-corrected chi connectivity index (χ1v) is 11.5. The number of nitrogens with one attached hydrogen (secondary N) is 2. The normalized spacial score (nSPS) is 15.1. The van der Waals surface area contributed by atoms with Crippen molar-refractivity contribution in [1.82, 2.24) is 25.1 Å². The Kier molecular flexibility index (Phi) is 5.45. The highest BCUT2D eigenvalue weighted by Gasteiger charge is 2.35. The zero-order valence-electron chi connectivity index (χ0n) is 17.4. The van der Waals surface area contributed by atoms with Gasteiger partial charge in [0.25, 0.3) is 0 Å². The van der Waals surface area contributed by atoms with Crippen molar-refractivity contribution in [2.75, 3.05) is 5.75 Å². The van der Waals surface area contributed by atoms with E-state index < -0.39 is 5.54 Å². The Balaban J connectivity index is 1.41. The summed E-state index contributed by atoms with van der Waals surface area (Å²) in [5.41, 5.74) is 1.22. The van der Waals surface area contributed by atoms with E-state index in [1.165, 1.54) is 11.8 Å². The molecule has 3 aromatic heterocycles. The summed E-state index contributed by atoms with van der Waals surface area (Å²) in [6, 6.07) is 14.1. The molecule has 1 fully saturated rings. The standard InChI is InChI=1S/C23H22N6O2S/c24-15-23(9-3-4-10-23)26-20(30)14-32-22-28-27-21(29(22)13-16-6-5-11-31-16)18-12-25-19-8-2-1-7-17(18)19/h1-2,5-8,11-12,25H,3-4,9-10,13-14H2,(H,26,30). The maximum Gasteiger partial charge on any atom is 0.231 e.